The highest BCUT2D eigenvalue weighted by Gasteiger charge is 2.44. The number of para-hydroxylation sites is 2. The molecule has 1 aliphatic carbocycles. The van der Waals surface area contributed by atoms with Gasteiger partial charge in [-0.25, -0.2) is 0 Å². The predicted octanol–water partition coefficient (Wildman–Crippen LogP) is 12.4. The van der Waals surface area contributed by atoms with Gasteiger partial charge in [0.2, 0.25) is 0 Å². The fourth-order valence-corrected chi connectivity index (χ4v) is 9.72. The smallest absolute Gasteiger partial charge is 0.307 e. The molecule has 12 rings (SSSR count). The van der Waals surface area contributed by atoms with Crippen LogP contribution in [0.1, 0.15) is 28.5 Å². The number of rotatable bonds is 3. The molecule has 0 fully saturated rings. The summed E-state index contributed by atoms with van der Waals surface area (Å²) in [4.78, 5) is 5.35. The predicted molar refractivity (Wildman–Crippen MR) is 214 cm³/mol. The number of aromatic nitrogens is 2. The monoisotopic (exact) mass is 684 g/mol. The Bertz CT molecular complexity index is 3130. The summed E-state index contributed by atoms with van der Waals surface area (Å²) in [7, 11) is 0. The molecule has 0 amide bonds. The van der Waals surface area contributed by atoms with Gasteiger partial charge in [-0.1, -0.05) is 109 Å². The van der Waals surface area contributed by atoms with Crippen LogP contribution in [0, 0.1) is 0 Å². The Morgan fingerprint density at radius 3 is 2.21 bits per heavy atom. The van der Waals surface area contributed by atoms with E-state index < -0.39 is 0 Å². The minimum Gasteiger partial charge on any atom is -0.484 e. The van der Waals surface area contributed by atoms with E-state index in [4.69, 9.17) is 14.1 Å². The van der Waals surface area contributed by atoms with Crippen molar-refractivity contribution in [3.63, 3.8) is 0 Å². The molecule has 0 bridgehead atoms. The van der Waals surface area contributed by atoms with Gasteiger partial charge in [-0.15, -0.1) is 11.3 Å². The second kappa shape index (κ2) is 10.5. The lowest BCUT2D eigenvalue weighted by molar-refractivity contribution is 0.274. The maximum atomic E-state index is 6.89. The normalized spacial score (nSPS) is 16.3. The number of oxazole rings is 1. The molecule has 10 aromatic rings. The second-order valence-corrected chi connectivity index (χ2v) is 14.9. The van der Waals surface area contributed by atoms with E-state index in [-0.39, 0.29) is 12.0 Å². The van der Waals surface area contributed by atoms with Gasteiger partial charge in [-0.05, 0) is 76.0 Å². The van der Waals surface area contributed by atoms with Crippen LogP contribution in [-0.2, 0) is 0 Å². The average molecular weight is 685 g/mol. The van der Waals surface area contributed by atoms with E-state index in [1.165, 1.54) is 52.8 Å². The molecule has 4 nitrogen and oxygen atoms in total. The van der Waals surface area contributed by atoms with E-state index in [2.05, 4.69) is 156 Å². The number of hydrogen-bond donors (Lipinski definition) is 0. The number of fused-ring (bicyclic) bond motifs is 12. The van der Waals surface area contributed by atoms with Crippen molar-refractivity contribution >= 4 is 75.7 Å². The number of benzene rings is 7. The van der Waals surface area contributed by atoms with Crippen molar-refractivity contribution in [2.45, 2.75) is 12.0 Å². The van der Waals surface area contributed by atoms with E-state index in [0.29, 0.717) is 6.01 Å². The third kappa shape index (κ3) is 4.00. The van der Waals surface area contributed by atoms with Gasteiger partial charge < -0.3 is 9.15 Å². The van der Waals surface area contributed by atoms with Crippen molar-refractivity contribution in [3.8, 4) is 22.9 Å². The van der Waals surface area contributed by atoms with E-state index in [1.54, 1.807) is 0 Å². The molecular weight excluding hydrogens is 657 g/mol. The summed E-state index contributed by atoms with van der Waals surface area (Å²) in [6, 6.07) is 54.8. The highest BCUT2D eigenvalue weighted by Crippen LogP contribution is 2.51. The quantitative estimate of drug-likeness (QED) is 0.186. The van der Waals surface area contributed by atoms with E-state index in [0.717, 1.165) is 44.9 Å². The zero-order valence-electron chi connectivity index (χ0n) is 27.8. The zero-order chi connectivity index (χ0) is 33.9. The fourth-order valence-electron chi connectivity index (χ4n) is 8.60. The summed E-state index contributed by atoms with van der Waals surface area (Å²) in [5, 5.41) is 7.34. The largest absolute Gasteiger partial charge is 0.484 e. The lowest BCUT2D eigenvalue weighted by Gasteiger charge is -2.25. The van der Waals surface area contributed by atoms with E-state index >= 15 is 0 Å². The molecule has 0 spiro atoms. The van der Waals surface area contributed by atoms with Gasteiger partial charge in [0.05, 0.1) is 17.0 Å². The van der Waals surface area contributed by atoms with Gasteiger partial charge in [0.15, 0.2) is 5.76 Å². The molecule has 0 radical (unpaired) electrons. The highest BCUT2D eigenvalue weighted by molar-refractivity contribution is 7.25. The van der Waals surface area contributed by atoms with Crippen molar-refractivity contribution in [3.05, 3.63) is 174 Å². The third-order valence-corrected chi connectivity index (χ3v) is 12.1. The standard InChI is InChI=1S/C47H28N2O2S/c1-2-10-27(11-3-1)28-18-19-30-23-31(21-20-29(30)22-28)35-25-41-45(44-34-14-5-8-16-40(34)50-46(35)44)48-47(51-41)49-38-15-7-4-12-32(38)36-24-37-33-13-6-9-17-42(33)52-43(37)26-39(36)49/h1-26,44,46H. The van der Waals surface area contributed by atoms with Crippen molar-refractivity contribution in [2.75, 3.05) is 0 Å². The molecule has 4 heterocycles. The van der Waals surface area contributed by atoms with Crippen molar-refractivity contribution in [2.24, 2.45) is 0 Å². The first-order valence-electron chi connectivity index (χ1n) is 17.7. The molecule has 0 saturated carbocycles. The summed E-state index contributed by atoms with van der Waals surface area (Å²) in [6.45, 7) is 0. The zero-order valence-corrected chi connectivity index (χ0v) is 28.6. The summed E-state index contributed by atoms with van der Waals surface area (Å²) < 4.78 is 18.4. The van der Waals surface area contributed by atoms with E-state index in [9.17, 15) is 0 Å². The Morgan fingerprint density at radius 1 is 0.558 bits per heavy atom. The Balaban J connectivity index is 1.05. The molecule has 0 N–H and O–H groups in total. The molecule has 244 valence electrons. The van der Waals surface area contributed by atoms with Gasteiger partial charge in [0, 0.05) is 42.1 Å². The number of ether oxygens (including phenoxy) is 1. The summed E-state index contributed by atoms with van der Waals surface area (Å²) >= 11 is 1.83. The molecule has 0 saturated heterocycles. The lowest BCUT2D eigenvalue weighted by atomic mass is 9.81. The van der Waals surface area contributed by atoms with Crippen LogP contribution < -0.4 is 4.74 Å². The third-order valence-electron chi connectivity index (χ3n) is 11.0. The van der Waals surface area contributed by atoms with Gasteiger partial charge in [-0.3, -0.25) is 4.57 Å². The molecule has 7 aromatic carbocycles. The molecule has 5 heteroatoms. The number of hydrogen-bond acceptors (Lipinski definition) is 4. The minimum atomic E-state index is -0.222. The van der Waals surface area contributed by atoms with Crippen molar-refractivity contribution in [1.82, 2.24) is 9.55 Å². The molecule has 2 unspecified atom stereocenters. The first-order chi connectivity index (χ1) is 25.7. The van der Waals surface area contributed by atoms with Gasteiger partial charge in [-0.2, -0.15) is 4.98 Å². The van der Waals surface area contributed by atoms with Crippen LogP contribution in [0.3, 0.4) is 0 Å². The van der Waals surface area contributed by atoms with Crippen LogP contribution in [0.4, 0.5) is 0 Å². The summed E-state index contributed by atoms with van der Waals surface area (Å²) in [5.41, 5.74) is 8.86. The average Bonchev–Trinajstić information content (AvgIpc) is 3.96. The van der Waals surface area contributed by atoms with Crippen LogP contribution in [0.2, 0.25) is 0 Å². The minimum absolute atomic E-state index is 0.0951. The van der Waals surface area contributed by atoms with Gasteiger partial charge in [0.25, 0.3) is 0 Å². The topological polar surface area (TPSA) is 40.2 Å². The lowest BCUT2D eigenvalue weighted by Crippen LogP contribution is -2.25. The van der Waals surface area contributed by atoms with Crippen LogP contribution in [0.5, 0.6) is 5.75 Å². The van der Waals surface area contributed by atoms with E-state index in [1.807, 2.05) is 17.4 Å². The molecule has 52 heavy (non-hydrogen) atoms. The number of thiophene rings is 1. The molecule has 3 aromatic heterocycles. The Labute approximate surface area is 302 Å². The SMILES string of the molecule is C1=C(c2ccc3cc(-c4ccccc4)ccc3c2)C2Oc3ccccc3C2c2nc(-n3c4ccccc4c4cc5c(cc43)sc3ccccc35)oc21. The summed E-state index contributed by atoms with van der Waals surface area (Å²) in [5.74, 6) is 1.58. The number of nitrogens with zero attached hydrogens (tertiary/aromatic N) is 2. The van der Waals surface area contributed by atoms with Crippen LogP contribution in [0.25, 0.3) is 81.5 Å². The molecule has 1 aliphatic heterocycles. The molecular formula is C47H28N2O2S. The second-order valence-electron chi connectivity index (χ2n) is 13.9. The van der Waals surface area contributed by atoms with Crippen molar-refractivity contribution in [1.29, 1.82) is 0 Å². The van der Waals surface area contributed by atoms with Crippen LogP contribution >= 0.6 is 11.3 Å². The first kappa shape index (κ1) is 28.3. The summed E-state index contributed by atoms with van der Waals surface area (Å²) in [6.07, 6.45) is 1.94. The Kier molecular flexibility index (Phi) is 5.74. The van der Waals surface area contributed by atoms with Crippen LogP contribution in [0.15, 0.2) is 156 Å². The van der Waals surface area contributed by atoms with Gasteiger partial charge >= 0.3 is 6.01 Å². The van der Waals surface area contributed by atoms with Crippen LogP contribution in [-0.4, -0.2) is 15.7 Å². The fraction of sp³-hybridized carbons (Fsp3) is 0.0426. The Hall–Kier alpha value is -6.43. The van der Waals surface area contributed by atoms with Crippen molar-refractivity contribution < 1.29 is 9.15 Å². The Morgan fingerprint density at radius 2 is 1.31 bits per heavy atom. The first-order valence-corrected chi connectivity index (χ1v) is 18.5. The molecule has 2 atom stereocenters. The maximum Gasteiger partial charge on any atom is 0.307 e. The highest BCUT2D eigenvalue weighted by atomic mass is 32.1. The maximum absolute atomic E-state index is 6.89. The molecule has 2 aliphatic rings. The van der Waals surface area contributed by atoms with Gasteiger partial charge in [0.1, 0.15) is 17.5 Å².